The van der Waals surface area contributed by atoms with Crippen molar-refractivity contribution < 1.29 is 4.42 Å². The van der Waals surface area contributed by atoms with E-state index >= 15 is 0 Å². The first kappa shape index (κ1) is 14.6. The molecule has 3 heterocycles. The Balaban J connectivity index is 1.51. The standard InChI is InChI=1S/C18H20OS2/c1-13-3-9-17(20-13)11-7-15-5-6-16(19-15)8-12-18-10-4-14(2)21-18/h3-6,9-10H,7-8,11-12H2,1-2H3. The van der Waals surface area contributed by atoms with E-state index in [0.717, 1.165) is 37.2 Å². The summed E-state index contributed by atoms with van der Waals surface area (Å²) in [5.41, 5.74) is 0. The molecule has 0 fully saturated rings. The van der Waals surface area contributed by atoms with E-state index in [1.54, 1.807) is 0 Å². The molecule has 0 amide bonds. The summed E-state index contributed by atoms with van der Waals surface area (Å²) in [4.78, 5) is 5.66. The SMILES string of the molecule is Cc1ccc(CCc2ccc(CCc3ccc(C)s3)o2)s1. The molecule has 3 aromatic heterocycles. The molecule has 0 spiro atoms. The summed E-state index contributed by atoms with van der Waals surface area (Å²) in [5.74, 6) is 2.22. The second kappa shape index (κ2) is 6.63. The fourth-order valence-corrected chi connectivity index (χ4v) is 4.20. The van der Waals surface area contributed by atoms with Crippen LogP contribution in [0.1, 0.15) is 31.0 Å². The van der Waals surface area contributed by atoms with Crippen LogP contribution >= 0.6 is 22.7 Å². The number of furan rings is 1. The maximum absolute atomic E-state index is 5.95. The van der Waals surface area contributed by atoms with Gasteiger partial charge >= 0.3 is 0 Å². The molecule has 1 nitrogen and oxygen atoms in total. The Hall–Kier alpha value is -1.32. The first-order chi connectivity index (χ1) is 10.2. The number of hydrogen-bond acceptors (Lipinski definition) is 3. The Morgan fingerprint density at radius 1 is 0.667 bits per heavy atom. The molecule has 0 unspecified atom stereocenters. The molecule has 110 valence electrons. The Morgan fingerprint density at radius 2 is 1.14 bits per heavy atom. The van der Waals surface area contributed by atoms with Crippen LogP contribution in [0.15, 0.2) is 40.8 Å². The molecule has 21 heavy (non-hydrogen) atoms. The fourth-order valence-electron chi connectivity index (χ4n) is 2.42. The van der Waals surface area contributed by atoms with E-state index in [4.69, 9.17) is 4.42 Å². The predicted molar refractivity (Wildman–Crippen MR) is 91.6 cm³/mol. The average molecular weight is 316 g/mol. The maximum atomic E-state index is 5.95. The van der Waals surface area contributed by atoms with Gasteiger partial charge in [0.25, 0.3) is 0 Å². The average Bonchev–Trinajstić information content (AvgIpc) is 3.16. The van der Waals surface area contributed by atoms with Gasteiger partial charge in [0.05, 0.1) is 0 Å². The molecule has 0 bridgehead atoms. The summed E-state index contributed by atoms with van der Waals surface area (Å²) in [6.07, 6.45) is 4.15. The first-order valence-corrected chi connectivity index (χ1v) is 9.00. The van der Waals surface area contributed by atoms with Gasteiger partial charge in [0, 0.05) is 32.4 Å². The Morgan fingerprint density at radius 3 is 1.52 bits per heavy atom. The van der Waals surface area contributed by atoms with Crippen molar-refractivity contribution in [3.63, 3.8) is 0 Å². The van der Waals surface area contributed by atoms with E-state index < -0.39 is 0 Å². The fraction of sp³-hybridized carbons (Fsp3) is 0.333. The van der Waals surface area contributed by atoms with E-state index in [2.05, 4.69) is 50.2 Å². The van der Waals surface area contributed by atoms with Crippen LogP contribution in [-0.2, 0) is 25.7 Å². The Kier molecular flexibility index (Phi) is 4.61. The highest BCUT2D eigenvalue weighted by Gasteiger charge is 2.05. The molecule has 0 saturated carbocycles. The summed E-state index contributed by atoms with van der Waals surface area (Å²) in [6.45, 7) is 4.32. The third-order valence-electron chi connectivity index (χ3n) is 3.54. The van der Waals surface area contributed by atoms with E-state index in [9.17, 15) is 0 Å². The quantitative estimate of drug-likeness (QED) is 0.578. The molecular weight excluding hydrogens is 296 g/mol. The molecular formula is C18H20OS2. The lowest BCUT2D eigenvalue weighted by Crippen LogP contribution is -1.87. The van der Waals surface area contributed by atoms with E-state index in [-0.39, 0.29) is 0 Å². The summed E-state index contributed by atoms with van der Waals surface area (Å²) >= 11 is 3.77. The number of aryl methyl sites for hydroxylation is 6. The number of hydrogen-bond donors (Lipinski definition) is 0. The lowest BCUT2D eigenvalue weighted by molar-refractivity contribution is 0.464. The topological polar surface area (TPSA) is 13.1 Å². The molecule has 3 aromatic rings. The molecule has 0 radical (unpaired) electrons. The lowest BCUT2D eigenvalue weighted by Gasteiger charge is -1.97. The highest BCUT2D eigenvalue weighted by atomic mass is 32.1. The van der Waals surface area contributed by atoms with Gasteiger partial charge in [-0.05, 0) is 63.1 Å². The molecule has 0 saturated heterocycles. The molecule has 0 N–H and O–H groups in total. The Bertz CT molecular complexity index is 643. The van der Waals surface area contributed by atoms with Gasteiger partial charge in [-0.2, -0.15) is 0 Å². The normalized spacial score (nSPS) is 11.1. The largest absolute Gasteiger partial charge is 0.466 e. The van der Waals surface area contributed by atoms with Gasteiger partial charge in [-0.15, -0.1) is 22.7 Å². The third kappa shape index (κ3) is 4.08. The van der Waals surface area contributed by atoms with Crippen molar-refractivity contribution in [2.75, 3.05) is 0 Å². The van der Waals surface area contributed by atoms with Crippen LogP contribution in [0.3, 0.4) is 0 Å². The van der Waals surface area contributed by atoms with Crippen molar-refractivity contribution >= 4 is 22.7 Å². The molecule has 0 aliphatic carbocycles. The van der Waals surface area contributed by atoms with Crippen LogP contribution in [0, 0.1) is 13.8 Å². The first-order valence-electron chi connectivity index (χ1n) is 7.37. The van der Waals surface area contributed by atoms with Gasteiger partial charge in [0.15, 0.2) is 0 Å². The zero-order valence-corrected chi connectivity index (χ0v) is 14.2. The lowest BCUT2D eigenvalue weighted by atomic mass is 10.2. The van der Waals surface area contributed by atoms with Crippen molar-refractivity contribution in [1.82, 2.24) is 0 Å². The van der Waals surface area contributed by atoms with Crippen LogP contribution in [0.2, 0.25) is 0 Å². The van der Waals surface area contributed by atoms with Crippen LogP contribution < -0.4 is 0 Å². The zero-order valence-electron chi connectivity index (χ0n) is 12.5. The second-order valence-corrected chi connectivity index (χ2v) is 8.14. The summed E-state index contributed by atoms with van der Waals surface area (Å²) in [6, 6.07) is 13.1. The third-order valence-corrected chi connectivity index (χ3v) is 5.67. The van der Waals surface area contributed by atoms with E-state index in [1.807, 2.05) is 22.7 Å². The van der Waals surface area contributed by atoms with Crippen molar-refractivity contribution in [3.8, 4) is 0 Å². The molecule has 3 rings (SSSR count). The minimum Gasteiger partial charge on any atom is -0.466 e. The van der Waals surface area contributed by atoms with Crippen LogP contribution in [-0.4, -0.2) is 0 Å². The molecule has 0 aliphatic rings. The van der Waals surface area contributed by atoms with E-state index in [0.29, 0.717) is 0 Å². The van der Waals surface area contributed by atoms with Crippen LogP contribution in [0.25, 0.3) is 0 Å². The molecule has 0 atom stereocenters. The van der Waals surface area contributed by atoms with Gasteiger partial charge in [0.2, 0.25) is 0 Å². The van der Waals surface area contributed by atoms with Crippen molar-refractivity contribution in [2.45, 2.75) is 39.5 Å². The number of rotatable bonds is 6. The Labute approximate surface area is 134 Å². The maximum Gasteiger partial charge on any atom is 0.104 e. The van der Waals surface area contributed by atoms with Gasteiger partial charge in [-0.1, -0.05) is 0 Å². The molecule has 0 aliphatic heterocycles. The number of thiophene rings is 2. The van der Waals surface area contributed by atoms with Crippen LogP contribution in [0.4, 0.5) is 0 Å². The smallest absolute Gasteiger partial charge is 0.104 e. The minimum absolute atomic E-state index is 0.998. The highest BCUT2D eigenvalue weighted by Crippen LogP contribution is 2.20. The van der Waals surface area contributed by atoms with Gasteiger partial charge in [0.1, 0.15) is 11.5 Å². The van der Waals surface area contributed by atoms with Crippen molar-refractivity contribution in [3.05, 3.63) is 67.4 Å². The summed E-state index contributed by atoms with van der Waals surface area (Å²) in [5, 5.41) is 0. The van der Waals surface area contributed by atoms with E-state index in [1.165, 1.54) is 19.5 Å². The molecule has 3 heteroatoms. The van der Waals surface area contributed by atoms with Crippen molar-refractivity contribution in [2.24, 2.45) is 0 Å². The second-order valence-electron chi connectivity index (χ2n) is 5.39. The summed E-state index contributed by atoms with van der Waals surface area (Å²) < 4.78 is 5.95. The highest BCUT2D eigenvalue weighted by molar-refractivity contribution is 7.12. The van der Waals surface area contributed by atoms with Crippen molar-refractivity contribution in [1.29, 1.82) is 0 Å². The summed E-state index contributed by atoms with van der Waals surface area (Å²) in [7, 11) is 0. The zero-order chi connectivity index (χ0) is 14.7. The van der Waals surface area contributed by atoms with Gasteiger partial charge in [-0.3, -0.25) is 0 Å². The van der Waals surface area contributed by atoms with Gasteiger partial charge in [-0.25, -0.2) is 0 Å². The molecule has 0 aromatic carbocycles. The predicted octanol–water partition coefficient (Wildman–Crippen LogP) is 5.59. The minimum atomic E-state index is 0.998. The van der Waals surface area contributed by atoms with Crippen LogP contribution in [0.5, 0.6) is 0 Å². The van der Waals surface area contributed by atoms with Gasteiger partial charge < -0.3 is 4.42 Å². The monoisotopic (exact) mass is 316 g/mol.